The number of nitrogens with one attached hydrogen (secondary N) is 2. The number of piperidine rings is 1. The van der Waals surface area contributed by atoms with Crippen LogP contribution in [-0.4, -0.2) is 66.5 Å². The van der Waals surface area contributed by atoms with Gasteiger partial charge in [0.1, 0.15) is 0 Å². The van der Waals surface area contributed by atoms with E-state index in [0.717, 1.165) is 39.0 Å². The van der Waals surface area contributed by atoms with Crippen molar-refractivity contribution in [2.45, 2.75) is 57.9 Å². The molecular weight excluding hydrogens is 292 g/mol. The van der Waals surface area contributed by atoms with Crippen molar-refractivity contribution in [1.82, 2.24) is 20.4 Å². The van der Waals surface area contributed by atoms with Crippen LogP contribution in [-0.2, 0) is 4.79 Å². The van der Waals surface area contributed by atoms with Gasteiger partial charge in [0.2, 0.25) is 5.91 Å². The fraction of sp³-hybridized carbons (Fsp3) is 0.882. The van der Waals surface area contributed by atoms with E-state index in [-0.39, 0.29) is 17.5 Å². The Hall–Kier alpha value is -1.30. The van der Waals surface area contributed by atoms with E-state index in [0.29, 0.717) is 19.5 Å². The van der Waals surface area contributed by atoms with E-state index >= 15 is 0 Å². The fourth-order valence-electron chi connectivity index (χ4n) is 3.38. The summed E-state index contributed by atoms with van der Waals surface area (Å²) in [7, 11) is 0. The van der Waals surface area contributed by atoms with Gasteiger partial charge >= 0.3 is 6.03 Å². The summed E-state index contributed by atoms with van der Waals surface area (Å²) >= 11 is 0. The summed E-state index contributed by atoms with van der Waals surface area (Å²) in [5, 5.41) is 5.88. The number of carbonyl (C=O) groups excluding carboxylic acids is 2. The Labute approximate surface area is 140 Å². The first-order chi connectivity index (χ1) is 11.0. The number of urea groups is 1. The normalized spacial score (nSPS) is 19.9. The average molecular weight is 324 g/mol. The smallest absolute Gasteiger partial charge is 0.314 e. The lowest BCUT2D eigenvalue weighted by atomic mass is 9.98. The third-order valence-corrected chi connectivity index (χ3v) is 4.96. The first-order valence-electron chi connectivity index (χ1n) is 9.03. The minimum absolute atomic E-state index is 0.000268. The lowest BCUT2D eigenvalue weighted by molar-refractivity contribution is -0.127. The molecule has 0 radical (unpaired) electrons. The van der Waals surface area contributed by atoms with Gasteiger partial charge in [0.25, 0.3) is 0 Å². The van der Waals surface area contributed by atoms with E-state index in [1.807, 2.05) is 4.90 Å². The molecule has 2 saturated heterocycles. The van der Waals surface area contributed by atoms with Gasteiger partial charge in [-0.2, -0.15) is 0 Å². The molecule has 0 aromatic heterocycles. The van der Waals surface area contributed by atoms with E-state index in [1.165, 1.54) is 19.3 Å². The zero-order valence-electron chi connectivity index (χ0n) is 14.7. The number of carbonyl (C=O) groups is 2. The summed E-state index contributed by atoms with van der Waals surface area (Å²) in [4.78, 5) is 27.8. The molecule has 2 aliphatic heterocycles. The van der Waals surface area contributed by atoms with Crippen LogP contribution >= 0.6 is 0 Å². The van der Waals surface area contributed by atoms with E-state index in [1.54, 1.807) is 0 Å². The first-order valence-corrected chi connectivity index (χ1v) is 9.03. The summed E-state index contributed by atoms with van der Waals surface area (Å²) in [6.07, 6.45) is 6.29. The van der Waals surface area contributed by atoms with Gasteiger partial charge in [0.05, 0.1) is 0 Å². The first kappa shape index (κ1) is 18.0. The maximum atomic E-state index is 11.9. The van der Waals surface area contributed by atoms with Crippen molar-refractivity contribution in [3.05, 3.63) is 0 Å². The average Bonchev–Trinajstić information content (AvgIpc) is 2.96. The predicted molar refractivity (Wildman–Crippen MR) is 91.3 cm³/mol. The molecule has 0 aliphatic carbocycles. The maximum absolute atomic E-state index is 11.9. The van der Waals surface area contributed by atoms with Crippen LogP contribution in [0.5, 0.6) is 0 Å². The van der Waals surface area contributed by atoms with Crippen molar-refractivity contribution in [3.8, 4) is 0 Å². The minimum Gasteiger partial charge on any atom is -0.343 e. The molecule has 6 heteroatoms. The third-order valence-electron chi connectivity index (χ3n) is 4.96. The highest BCUT2D eigenvalue weighted by Crippen LogP contribution is 2.19. The van der Waals surface area contributed by atoms with Crippen molar-refractivity contribution in [2.24, 2.45) is 0 Å². The molecule has 0 atom stereocenters. The van der Waals surface area contributed by atoms with Crippen LogP contribution in [0.4, 0.5) is 4.79 Å². The predicted octanol–water partition coefficient (Wildman–Crippen LogP) is 1.56. The number of hydrogen-bond donors (Lipinski definition) is 2. The zero-order valence-corrected chi connectivity index (χ0v) is 14.7. The molecule has 2 aliphatic rings. The number of rotatable bonds is 7. The second kappa shape index (κ2) is 8.52. The number of nitrogens with zero attached hydrogens (tertiary/aromatic N) is 2. The van der Waals surface area contributed by atoms with Crippen molar-refractivity contribution in [1.29, 1.82) is 0 Å². The number of likely N-dealkylation sites (tertiary alicyclic amines) is 2. The second-order valence-electron chi connectivity index (χ2n) is 7.31. The molecule has 0 unspecified atom stereocenters. The lowest BCUT2D eigenvalue weighted by Crippen LogP contribution is -2.54. The van der Waals surface area contributed by atoms with Crippen molar-refractivity contribution in [3.63, 3.8) is 0 Å². The molecular formula is C17H32N4O2. The van der Waals surface area contributed by atoms with Crippen LogP contribution in [0.25, 0.3) is 0 Å². The van der Waals surface area contributed by atoms with Crippen LogP contribution in [0.1, 0.15) is 52.4 Å². The van der Waals surface area contributed by atoms with Gasteiger partial charge in [-0.15, -0.1) is 0 Å². The Balaban J connectivity index is 1.58. The third kappa shape index (κ3) is 5.68. The van der Waals surface area contributed by atoms with E-state index < -0.39 is 0 Å². The van der Waals surface area contributed by atoms with Gasteiger partial charge in [-0.05, 0) is 52.6 Å². The second-order valence-corrected chi connectivity index (χ2v) is 7.31. The van der Waals surface area contributed by atoms with Gasteiger partial charge in [-0.1, -0.05) is 6.42 Å². The van der Waals surface area contributed by atoms with Gasteiger partial charge in [0.15, 0.2) is 0 Å². The molecule has 0 aromatic rings. The van der Waals surface area contributed by atoms with E-state index in [4.69, 9.17) is 0 Å². The van der Waals surface area contributed by atoms with Crippen LogP contribution in [0.15, 0.2) is 0 Å². The highest BCUT2D eigenvalue weighted by atomic mass is 16.2. The highest BCUT2D eigenvalue weighted by molar-refractivity contribution is 5.78. The minimum atomic E-state index is -0.108. The molecule has 6 nitrogen and oxygen atoms in total. The summed E-state index contributed by atoms with van der Waals surface area (Å²) in [6.45, 7) is 9.52. The Morgan fingerprint density at radius 1 is 1.09 bits per heavy atom. The molecule has 0 saturated carbocycles. The molecule has 132 valence electrons. The van der Waals surface area contributed by atoms with E-state index in [9.17, 15) is 9.59 Å². The Bertz CT molecular complexity index is 405. The van der Waals surface area contributed by atoms with Gasteiger partial charge in [0, 0.05) is 38.1 Å². The van der Waals surface area contributed by atoms with Crippen LogP contribution in [0.3, 0.4) is 0 Å². The topological polar surface area (TPSA) is 64.7 Å². The molecule has 2 N–H and O–H groups in total. The van der Waals surface area contributed by atoms with Crippen LogP contribution < -0.4 is 10.6 Å². The molecule has 23 heavy (non-hydrogen) atoms. The molecule has 0 bridgehead atoms. The summed E-state index contributed by atoms with van der Waals surface area (Å²) in [5.41, 5.74) is -0.000268. The fourth-order valence-corrected chi connectivity index (χ4v) is 3.38. The highest BCUT2D eigenvalue weighted by Gasteiger charge is 2.28. The zero-order chi connectivity index (χ0) is 16.7. The number of amides is 3. The molecule has 2 fully saturated rings. The summed E-state index contributed by atoms with van der Waals surface area (Å²) in [5.74, 6) is 0.248. The Morgan fingerprint density at radius 2 is 1.83 bits per heavy atom. The molecule has 2 rings (SSSR count). The van der Waals surface area contributed by atoms with E-state index in [2.05, 4.69) is 29.4 Å². The lowest BCUT2D eigenvalue weighted by Gasteiger charge is -2.41. The monoisotopic (exact) mass is 324 g/mol. The summed E-state index contributed by atoms with van der Waals surface area (Å²) < 4.78 is 0. The molecule has 2 heterocycles. The van der Waals surface area contributed by atoms with Gasteiger partial charge in [-0.25, -0.2) is 4.79 Å². The maximum Gasteiger partial charge on any atom is 0.314 e. The van der Waals surface area contributed by atoms with Crippen molar-refractivity contribution in [2.75, 3.05) is 39.3 Å². The SMILES string of the molecule is CC(C)(CNC(=O)NCCCN1CCCC1=O)N1CCCCC1. The van der Waals surface area contributed by atoms with Crippen molar-refractivity contribution >= 4 is 11.9 Å². The standard InChI is InChI=1S/C17H32N4O2/c1-17(2,21-12-4-3-5-13-21)14-19-16(23)18-9-7-11-20-10-6-8-15(20)22/h3-14H2,1-2H3,(H2,18,19,23). The Kier molecular flexibility index (Phi) is 6.69. The Morgan fingerprint density at radius 3 is 2.48 bits per heavy atom. The number of hydrogen-bond acceptors (Lipinski definition) is 3. The van der Waals surface area contributed by atoms with Crippen LogP contribution in [0, 0.1) is 0 Å². The summed E-state index contributed by atoms with van der Waals surface area (Å²) in [6, 6.07) is -0.108. The van der Waals surface area contributed by atoms with Crippen LogP contribution in [0.2, 0.25) is 0 Å². The quantitative estimate of drug-likeness (QED) is 0.699. The van der Waals surface area contributed by atoms with Gasteiger partial charge in [-0.3, -0.25) is 9.69 Å². The molecule has 0 aromatic carbocycles. The molecule has 0 spiro atoms. The van der Waals surface area contributed by atoms with Crippen molar-refractivity contribution < 1.29 is 9.59 Å². The molecule has 3 amide bonds. The van der Waals surface area contributed by atoms with Gasteiger partial charge < -0.3 is 15.5 Å². The largest absolute Gasteiger partial charge is 0.343 e.